The van der Waals surface area contributed by atoms with E-state index in [1.165, 1.54) is 11.3 Å². The Hall–Kier alpha value is -1.51. The molecule has 0 aliphatic rings. The predicted molar refractivity (Wildman–Crippen MR) is 92.0 cm³/mol. The van der Waals surface area contributed by atoms with E-state index in [0.29, 0.717) is 6.04 Å². The molecule has 2 aromatic carbocycles. The number of nitrogens with zero attached hydrogens (tertiary/aromatic N) is 1. The van der Waals surface area contributed by atoms with Gasteiger partial charge in [-0.15, -0.1) is 0 Å². The van der Waals surface area contributed by atoms with Crippen LogP contribution >= 0.6 is 11.6 Å². The minimum atomic E-state index is 0.329. The summed E-state index contributed by atoms with van der Waals surface area (Å²) in [5, 5.41) is 4.28. The average Bonchev–Trinajstić information content (AvgIpc) is 2.52. The second-order valence-electron chi connectivity index (χ2n) is 5.32. The van der Waals surface area contributed by atoms with Crippen molar-refractivity contribution in [2.45, 2.75) is 19.4 Å². The minimum Gasteiger partial charge on any atom is -0.385 e. The maximum absolute atomic E-state index is 6.27. The maximum Gasteiger partial charge on any atom is 0.0453 e. The second-order valence-corrected chi connectivity index (χ2v) is 5.73. The number of halogens is 1. The number of para-hydroxylation sites is 1. The van der Waals surface area contributed by atoms with Gasteiger partial charge in [-0.2, -0.15) is 0 Å². The van der Waals surface area contributed by atoms with Gasteiger partial charge in [0.1, 0.15) is 0 Å². The Morgan fingerprint density at radius 3 is 2.43 bits per heavy atom. The van der Waals surface area contributed by atoms with Crippen molar-refractivity contribution in [2.24, 2.45) is 0 Å². The van der Waals surface area contributed by atoms with Gasteiger partial charge in [0.25, 0.3) is 0 Å². The van der Waals surface area contributed by atoms with Crippen LogP contribution in [0.5, 0.6) is 0 Å². The SMILES string of the molecule is CC(c1ccccc1Cl)N(C)CCCNc1ccccc1. The van der Waals surface area contributed by atoms with Gasteiger partial charge in [-0.25, -0.2) is 0 Å². The van der Waals surface area contributed by atoms with Gasteiger partial charge in [-0.1, -0.05) is 48.0 Å². The fourth-order valence-electron chi connectivity index (χ4n) is 2.36. The van der Waals surface area contributed by atoms with Gasteiger partial charge < -0.3 is 5.32 Å². The molecule has 0 aliphatic carbocycles. The first-order valence-corrected chi connectivity index (χ1v) is 7.80. The van der Waals surface area contributed by atoms with Crippen LogP contribution in [0, 0.1) is 0 Å². The highest BCUT2D eigenvalue weighted by Gasteiger charge is 2.13. The lowest BCUT2D eigenvalue weighted by Gasteiger charge is -2.25. The third-order valence-electron chi connectivity index (χ3n) is 3.81. The van der Waals surface area contributed by atoms with E-state index in [4.69, 9.17) is 11.6 Å². The average molecular weight is 303 g/mol. The lowest BCUT2D eigenvalue weighted by Crippen LogP contribution is -2.25. The maximum atomic E-state index is 6.27. The summed E-state index contributed by atoms with van der Waals surface area (Å²) in [5.74, 6) is 0. The van der Waals surface area contributed by atoms with E-state index in [2.05, 4.69) is 42.4 Å². The molecule has 0 aliphatic heterocycles. The number of hydrogen-bond donors (Lipinski definition) is 1. The molecule has 2 aromatic rings. The Morgan fingerprint density at radius 2 is 1.71 bits per heavy atom. The van der Waals surface area contributed by atoms with Crippen molar-refractivity contribution in [2.75, 3.05) is 25.5 Å². The zero-order valence-electron chi connectivity index (χ0n) is 12.7. The number of rotatable bonds is 7. The normalized spacial score (nSPS) is 12.4. The van der Waals surface area contributed by atoms with E-state index >= 15 is 0 Å². The standard InChI is InChI=1S/C18H23ClN2/c1-15(17-11-6-7-12-18(17)19)21(2)14-8-13-20-16-9-4-3-5-10-16/h3-7,9-12,15,20H,8,13-14H2,1-2H3. The predicted octanol–water partition coefficient (Wildman–Crippen LogP) is 4.84. The van der Waals surface area contributed by atoms with Crippen molar-refractivity contribution in [3.63, 3.8) is 0 Å². The van der Waals surface area contributed by atoms with Crippen LogP contribution in [0.15, 0.2) is 54.6 Å². The van der Waals surface area contributed by atoms with Crippen LogP contribution < -0.4 is 5.32 Å². The smallest absolute Gasteiger partial charge is 0.0453 e. The Balaban J connectivity index is 1.77. The van der Waals surface area contributed by atoms with Crippen molar-refractivity contribution in [3.05, 3.63) is 65.2 Å². The molecule has 3 heteroatoms. The summed E-state index contributed by atoms with van der Waals surface area (Å²) in [6.45, 7) is 4.21. The van der Waals surface area contributed by atoms with Crippen LogP contribution in [0.25, 0.3) is 0 Å². The second kappa shape index (κ2) is 8.06. The molecule has 0 spiro atoms. The fraction of sp³-hybridized carbons (Fsp3) is 0.333. The van der Waals surface area contributed by atoms with Crippen molar-refractivity contribution in [1.82, 2.24) is 4.90 Å². The zero-order chi connectivity index (χ0) is 15.1. The molecule has 21 heavy (non-hydrogen) atoms. The van der Waals surface area contributed by atoms with E-state index < -0.39 is 0 Å². The summed E-state index contributed by atoms with van der Waals surface area (Å²) in [6.07, 6.45) is 1.10. The zero-order valence-corrected chi connectivity index (χ0v) is 13.5. The molecule has 0 radical (unpaired) electrons. The summed E-state index contributed by atoms with van der Waals surface area (Å²) in [6, 6.07) is 18.7. The Bertz CT molecular complexity index is 542. The van der Waals surface area contributed by atoms with Crippen LogP contribution in [0.3, 0.4) is 0 Å². The quantitative estimate of drug-likeness (QED) is 0.737. The molecule has 0 saturated heterocycles. The number of benzene rings is 2. The first kappa shape index (κ1) is 15.9. The Morgan fingerprint density at radius 1 is 1.05 bits per heavy atom. The van der Waals surface area contributed by atoms with E-state index in [-0.39, 0.29) is 0 Å². The van der Waals surface area contributed by atoms with E-state index in [1.54, 1.807) is 0 Å². The first-order valence-electron chi connectivity index (χ1n) is 7.42. The molecule has 2 nitrogen and oxygen atoms in total. The molecule has 2 rings (SSSR count). The van der Waals surface area contributed by atoms with Crippen molar-refractivity contribution in [3.8, 4) is 0 Å². The molecule has 1 atom stereocenters. The van der Waals surface area contributed by atoms with Gasteiger partial charge in [0, 0.05) is 29.8 Å². The summed E-state index contributed by atoms with van der Waals surface area (Å²) in [4.78, 5) is 2.34. The van der Waals surface area contributed by atoms with Gasteiger partial charge in [-0.3, -0.25) is 4.90 Å². The topological polar surface area (TPSA) is 15.3 Å². The molecule has 0 aromatic heterocycles. The first-order chi connectivity index (χ1) is 10.2. The third-order valence-corrected chi connectivity index (χ3v) is 4.15. The van der Waals surface area contributed by atoms with E-state index in [0.717, 1.165) is 24.5 Å². The van der Waals surface area contributed by atoms with Crippen LogP contribution in [0.4, 0.5) is 5.69 Å². The Kier molecular flexibility index (Phi) is 6.09. The summed E-state index contributed by atoms with van der Waals surface area (Å²) >= 11 is 6.27. The van der Waals surface area contributed by atoms with Gasteiger partial charge >= 0.3 is 0 Å². The van der Waals surface area contributed by atoms with Crippen LogP contribution in [0.2, 0.25) is 5.02 Å². The summed E-state index contributed by atoms with van der Waals surface area (Å²) in [7, 11) is 2.15. The Labute approximate surface area is 132 Å². The highest BCUT2D eigenvalue weighted by molar-refractivity contribution is 6.31. The van der Waals surface area contributed by atoms with Crippen molar-refractivity contribution < 1.29 is 0 Å². The van der Waals surface area contributed by atoms with Gasteiger partial charge in [0.15, 0.2) is 0 Å². The van der Waals surface area contributed by atoms with Crippen LogP contribution in [-0.4, -0.2) is 25.0 Å². The van der Waals surface area contributed by atoms with Gasteiger partial charge in [0.2, 0.25) is 0 Å². The van der Waals surface area contributed by atoms with E-state index in [1.807, 2.05) is 36.4 Å². The highest BCUT2D eigenvalue weighted by Crippen LogP contribution is 2.26. The van der Waals surface area contributed by atoms with Gasteiger partial charge in [0.05, 0.1) is 0 Å². The molecule has 1 unspecified atom stereocenters. The molecule has 112 valence electrons. The van der Waals surface area contributed by atoms with Crippen LogP contribution in [0.1, 0.15) is 24.9 Å². The monoisotopic (exact) mass is 302 g/mol. The van der Waals surface area contributed by atoms with E-state index in [9.17, 15) is 0 Å². The molecule has 0 saturated carbocycles. The molecular weight excluding hydrogens is 280 g/mol. The van der Waals surface area contributed by atoms with Crippen molar-refractivity contribution >= 4 is 17.3 Å². The number of hydrogen-bond acceptors (Lipinski definition) is 2. The summed E-state index contributed by atoms with van der Waals surface area (Å²) in [5.41, 5.74) is 2.37. The third kappa shape index (κ3) is 4.76. The lowest BCUT2D eigenvalue weighted by molar-refractivity contribution is 0.261. The summed E-state index contributed by atoms with van der Waals surface area (Å²) < 4.78 is 0. The molecule has 1 N–H and O–H groups in total. The van der Waals surface area contributed by atoms with Gasteiger partial charge in [-0.05, 0) is 44.2 Å². The minimum absolute atomic E-state index is 0.329. The number of nitrogens with one attached hydrogen (secondary N) is 1. The largest absolute Gasteiger partial charge is 0.385 e. The highest BCUT2D eigenvalue weighted by atomic mass is 35.5. The van der Waals surface area contributed by atoms with Crippen LogP contribution in [-0.2, 0) is 0 Å². The van der Waals surface area contributed by atoms with Crippen molar-refractivity contribution in [1.29, 1.82) is 0 Å². The molecule has 0 amide bonds. The molecule has 0 heterocycles. The molecule has 0 bridgehead atoms. The number of anilines is 1. The fourth-order valence-corrected chi connectivity index (χ4v) is 2.66. The molecular formula is C18H23ClN2. The molecule has 0 fully saturated rings. The lowest BCUT2D eigenvalue weighted by atomic mass is 10.1.